The second kappa shape index (κ2) is 6.89. The van der Waals surface area contributed by atoms with Gasteiger partial charge in [-0.1, -0.05) is 0 Å². The molecule has 0 unspecified atom stereocenters. The lowest BCUT2D eigenvalue weighted by molar-refractivity contribution is 0.0826. The minimum atomic E-state index is -0.712. The van der Waals surface area contributed by atoms with Crippen molar-refractivity contribution >= 4 is 17.3 Å². The van der Waals surface area contributed by atoms with Crippen molar-refractivity contribution in [2.75, 3.05) is 20.7 Å². The van der Waals surface area contributed by atoms with Crippen LogP contribution in [0.3, 0.4) is 0 Å². The van der Waals surface area contributed by atoms with Gasteiger partial charge in [-0.2, -0.15) is 0 Å². The highest BCUT2D eigenvalue weighted by atomic mass is 19.1. The zero-order valence-corrected chi connectivity index (χ0v) is 15.9. The van der Waals surface area contributed by atoms with Gasteiger partial charge < -0.3 is 14.4 Å². The third kappa shape index (κ3) is 3.21. The minimum Gasteiger partial charge on any atom is -0.493 e. The Hall–Kier alpha value is -2.96. The first-order chi connectivity index (χ1) is 13.3. The van der Waals surface area contributed by atoms with E-state index in [9.17, 15) is 13.6 Å². The number of rotatable bonds is 3. The molecule has 0 saturated heterocycles. The van der Waals surface area contributed by atoms with E-state index in [1.807, 2.05) is 13.0 Å². The van der Waals surface area contributed by atoms with Gasteiger partial charge in [-0.05, 0) is 24.6 Å². The topological polar surface area (TPSA) is 51.1 Å². The van der Waals surface area contributed by atoms with Crippen molar-refractivity contribution in [3.8, 4) is 11.5 Å². The fraction of sp³-hybridized carbons (Fsp3) is 0.333. The molecule has 0 aromatic heterocycles. The van der Waals surface area contributed by atoms with Gasteiger partial charge in [0.2, 0.25) is 0 Å². The van der Waals surface area contributed by atoms with Crippen LogP contribution in [-0.4, -0.2) is 37.2 Å². The van der Waals surface area contributed by atoms with E-state index in [0.717, 1.165) is 23.4 Å². The molecule has 0 N–H and O–H groups in total. The Morgan fingerprint density at radius 2 is 2.04 bits per heavy atom. The number of carbonyl (C=O) groups excluding carboxylic acids is 1. The third-order valence-corrected chi connectivity index (χ3v) is 4.84. The lowest BCUT2D eigenvalue weighted by atomic mass is 10.0. The summed E-state index contributed by atoms with van der Waals surface area (Å²) in [5.74, 6) is -1.00. The molecule has 2 aromatic carbocycles. The largest absolute Gasteiger partial charge is 0.493 e. The van der Waals surface area contributed by atoms with Crippen molar-refractivity contribution in [3.63, 3.8) is 0 Å². The minimum absolute atomic E-state index is 0.144. The van der Waals surface area contributed by atoms with E-state index in [1.165, 1.54) is 4.90 Å². The highest BCUT2D eigenvalue weighted by Gasteiger charge is 2.30. The summed E-state index contributed by atoms with van der Waals surface area (Å²) in [4.78, 5) is 18.5. The van der Waals surface area contributed by atoms with Crippen molar-refractivity contribution in [2.45, 2.75) is 25.9 Å². The van der Waals surface area contributed by atoms with Crippen LogP contribution in [-0.2, 0) is 6.42 Å². The molecule has 2 aliphatic rings. The number of nitrogens with zero attached hydrogens (tertiary/aromatic N) is 2. The summed E-state index contributed by atoms with van der Waals surface area (Å²) in [6, 6.07) is 5.44. The molecule has 146 valence electrons. The molecule has 1 atom stereocenters. The zero-order valence-electron chi connectivity index (χ0n) is 15.9. The quantitative estimate of drug-likeness (QED) is 0.794. The number of aliphatic imine (C=N–C) groups is 1. The first-order valence-electron chi connectivity index (χ1n) is 9.04. The summed E-state index contributed by atoms with van der Waals surface area (Å²) in [6.07, 6.45) is 0.373. The van der Waals surface area contributed by atoms with Crippen LogP contribution >= 0.6 is 0 Å². The predicted molar refractivity (Wildman–Crippen MR) is 101 cm³/mol. The van der Waals surface area contributed by atoms with Crippen LogP contribution in [0.1, 0.15) is 40.9 Å². The van der Waals surface area contributed by atoms with Crippen LogP contribution in [0.2, 0.25) is 0 Å². The second-order valence-corrected chi connectivity index (χ2v) is 7.25. The number of amides is 1. The molecule has 0 saturated carbocycles. The van der Waals surface area contributed by atoms with Gasteiger partial charge in [0.05, 0.1) is 12.2 Å². The van der Waals surface area contributed by atoms with Gasteiger partial charge in [-0.3, -0.25) is 9.79 Å². The van der Waals surface area contributed by atoms with E-state index in [1.54, 1.807) is 20.2 Å². The number of halogens is 2. The van der Waals surface area contributed by atoms with Gasteiger partial charge in [-0.25, -0.2) is 8.78 Å². The van der Waals surface area contributed by atoms with Crippen LogP contribution in [0.5, 0.6) is 11.5 Å². The van der Waals surface area contributed by atoms with E-state index in [-0.39, 0.29) is 23.8 Å². The van der Waals surface area contributed by atoms with Gasteiger partial charge in [0.15, 0.2) is 0 Å². The number of ether oxygens (including phenoxy) is 2. The van der Waals surface area contributed by atoms with Gasteiger partial charge in [0.25, 0.3) is 5.91 Å². The fourth-order valence-electron chi connectivity index (χ4n) is 3.59. The maximum Gasteiger partial charge on any atom is 0.253 e. The van der Waals surface area contributed by atoms with Crippen molar-refractivity contribution in [1.29, 1.82) is 0 Å². The second-order valence-electron chi connectivity index (χ2n) is 7.25. The third-order valence-electron chi connectivity index (χ3n) is 4.84. The van der Waals surface area contributed by atoms with Crippen LogP contribution in [0.15, 0.2) is 29.3 Å². The molecule has 0 aliphatic carbocycles. The monoisotopic (exact) mass is 386 g/mol. The van der Waals surface area contributed by atoms with Crippen LogP contribution in [0, 0.1) is 11.6 Å². The summed E-state index contributed by atoms with van der Waals surface area (Å²) in [5, 5.41) is 0. The zero-order chi connectivity index (χ0) is 20.0. The van der Waals surface area contributed by atoms with Crippen molar-refractivity contribution in [1.82, 2.24) is 4.90 Å². The highest BCUT2D eigenvalue weighted by Crippen LogP contribution is 2.43. The number of benzene rings is 2. The SMILES string of the molecule is CC1=Nc2c(cc(C(=O)N(C)C)cc2O[C@H]2CCOc3cc(F)cc(F)c32)C1. The molecular formula is C21H20F2N2O3. The molecule has 0 fully saturated rings. The number of fused-ring (bicyclic) bond motifs is 2. The maximum atomic E-state index is 14.4. The van der Waals surface area contributed by atoms with E-state index in [2.05, 4.69) is 4.99 Å². The van der Waals surface area contributed by atoms with Gasteiger partial charge in [0, 0.05) is 50.3 Å². The molecule has 2 heterocycles. The first kappa shape index (κ1) is 18.4. The Balaban J connectivity index is 1.76. The molecule has 7 heteroatoms. The lowest BCUT2D eigenvalue weighted by Crippen LogP contribution is -2.23. The number of hydrogen-bond acceptors (Lipinski definition) is 4. The van der Waals surface area contributed by atoms with Crippen molar-refractivity contribution < 1.29 is 23.0 Å². The Kier molecular flexibility index (Phi) is 4.53. The molecule has 28 heavy (non-hydrogen) atoms. The van der Waals surface area contributed by atoms with Gasteiger partial charge >= 0.3 is 0 Å². The van der Waals surface area contributed by atoms with Crippen LogP contribution < -0.4 is 9.47 Å². The van der Waals surface area contributed by atoms with Crippen molar-refractivity contribution in [2.24, 2.45) is 4.99 Å². The Morgan fingerprint density at radius 1 is 1.25 bits per heavy atom. The molecule has 0 spiro atoms. The predicted octanol–water partition coefficient (Wildman–Crippen LogP) is 4.22. The Labute approximate surface area is 161 Å². The number of hydrogen-bond donors (Lipinski definition) is 0. The normalized spacial score (nSPS) is 17.3. The summed E-state index contributed by atoms with van der Waals surface area (Å²) in [6.45, 7) is 2.19. The molecule has 0 radical (unpaired) electrons. The fourth-order valence-corrected chi connectivity index (χ4v) is 3.59. The molecule has 2 aliphatic heterocycles. The molecule has 4 rings (SSSR count). The summed E-state index contributed by atoms with van der Waals surface area (Å²) in [7, 11) is 3.35. The molecule has 1 amide bonds. The summed E-state index contributed by atoms with van der Waals surface area (Å²) in [5.41, 5.74) is 3.13. The number of carbonyl (C=O) groups is 1. The van der Waals surface area contributed by atoms with E-state index >= 15 is 0 Å². The van der Waals surface area contributed by atoms with Crippen molar-refractivity contribution in [3.05, 3.63) is 52.6 Å². The van der Waals surface area contributed by atoms with E-state index in [4.69, 9.17) is 9.47 Å². The van der Waals surface area contributed by atoms with Crippen LogP contribution in [0.4, 0.5) is 14.5 Å². The first-order valence-corrected chi connectivity index (χ1v) is 9.04. The average Bonchev–Trinajstić information content (AvgIpc) is 3.01. The molecular weight excluding hydrogens is 366 g/mol. The molecule has 2 aromatic rings. The maximum absolute atomic E-state index is 14.4. The van der Waals surface area contributed by atoms with E-state index in [0.29, 0.717) is 29.8 Å². The van der Waals surface area contributed by atoms with E-state index < -0.39 is 17.7 Å². The highest BCUT2D eigenvalue weighted by molar-refractivity contribution is 5.99. The standard InChI is InChI=1S/C21H20F2N2O3/c1-11-6-12-7-13(21(26)25(2)3)8-18(20(12)24-11)28-16-4-5-27-17-10-14(22)9-15(23)19(16)17/h7-10,16H,4-6H2,1-3H3/t16-/m0/s1. The molecule has 5 nitrogen and oxygen atoms in total. The lowest BCUT2D eigenvalue weighted by Gasteiger charge is -2.27. The van der Waals surface area contributed by atoms with Crippen LogP contribution in [0.25, 0.3) is 0 Å². The summed E-state index contributed by atoms with van der Waals surface area (Å²) >= 11 is 0. The Bertz CT molecular complexity index is 1000. The Morgan fingerprint density at radius 3 is 2.79 bits per heavy atom. The molecule has 0 bridgehead atoms. The van der Waals surface area contributed by atoms with Gasteiger partial charge in [0.1, 0.15) is 34.9 Å². The average molecular weight is 386 g/mol. The smallest absolute Gasteiger partial charge is 0.253 e. The summed E-state index contributed by atoms with van der Waals surface area (Å²) < 4.78 is 39.5. The van der Waals surface area contributed by atoms with Gasteiger partial charge in [-0.15, -0.1) is 0 Å².